The van der Waals surface area contributed by atoms with E-state index in [0.717, 1.165) is 44.9 Å². The fraction of sp³-hybridized carbons (Fsp3) is 0.947. The van der Waals surface area contributed by atoms with Crippen molar-refractivity contribution in [2.45, 2.75) is 90.3 Å². The molecule has 0 spiro atoms. The number of fused-ring (bicyclic) bond motifs is 1. The Morgan fingerprint density at radius 1 is 1.23 bits per heavy atom. The van der Waals surface area contributed by atoms with E-state index in [1.165, 1.54) is 19.3 Å². The van der Waals surface area contributed by atoms with Gasteiger partial charge in [0.05, 0.1) is 24.2 Å². The highest BCUT2D eigenvalue weighted by molar-refractivity contribution is 5.77. The number of epoxide rings is 1. The van der Waals surface area contributed by atoms with E-state index in [2.05, 4.69) is 13.8 Å². The Morgan fingerprint density at radius 2 is 2.00 bits per heavy atom. The Bertz CT molecular complexity index is 386. The SMILES string of the molecule is CCCCC1(C(=O)OCC2CCC3OC3C2C)CCCCC1. The van der Waals surface area contributed by atoms with Crippen LogP contribution >= 0.6 is 0 Å². The molecular formula is C19H32O3. The van der Waals surface area contributed by atoms with Crippen LogP contribution in [0.5, 0.6) is 0 Å². The summed E-state index contributed by atoms with van der Waals surface area (Å²) in [5, 5.41) is 0. The van der Waals surface area contributed by atoms with E-state index in [1.54, 1.807) is 0 Å². The molecule has 2 aliphatic carbocycles. The molecule has 0 aromatic heterocycles. The first-order chi connectivity index (χ1) is 10.7. The lowest BCUT2D eigenvalue weighted by atomic mass is 9.71. The minimum atomic E-state index is -0.162. The van der Waals surface area contributed by atoms with Crippen molar-refractivity contribution < 1.29 is 14.3 Å². The second-order valence-corrected chi connectivity index (χ2v) is 7.88. The zero-order chi connectivity index (χ0) is 15.6. The molecule has 0 aromatic rings. The van der Waals surface area contributed by atoms with Crippen molar-refractivity contribution in [1.29, 1.82) is 0 Å². The Morgan fingerprint density at radius 3 is 2.73 bits per heavy atom. The molecule has 4 unspecified atom stereocenters. The molecule has 0 N–H and O–H groups in total. The first-order valence-electron chi connectivity index (χ1n) is 9.49. The largest absolute Gasteiger partial charge is 0.465 e. The van der Waals surface area contributed by atoms with Crippen molar-refractivity contribution in [3.8, 4) is 0 Å². The molecular weight excluding hydrogens is 276 g/mol. The Labute approximate surface area is 135 Å². The molecule has 0 bridgehead atoms. The number of hydrogen-bond donors (Lipinski definition) is 0. The monoisotopic (exact) mass is 308 g/mol. The number of esters is 1. The fourth-order valence-corrected chi connectivity index (χ4v) is 4.63. The van der Waals surface area contributed by atoms with Gasteiger partial charge in [0.2, 0.25) is 0 Å². The minimum absolute atomic E-state index is 0.103. The summed E-state index contributed by atoms with van der Waals surface area (Å²) in [7, 11) is 0. The van der Waals surface area contributed by atoms with E-state index in [-0.39, 0.29) is 11.4 Å². The first-order valence-corrected chi connectivity index (χ1v) is 9.49. The Balaban J connectivity index is 1.54. The molecule has 126 valence electrons. The quantitative estimate of drug-likeness (QED) is 0.536. The molecule has 3 fully saturated rings. The lowest BCUT2D eigenvalue weighted by Gasteiger charge is -2.36. The highest BCUT2D eigenvalue weighted by atomic mass is 16.6. The summed E-state index contributed by atoms with van der Waals surface area (Å²) in [6, 6.07) is 0. The van der Waals surface area contributed by atoms with Crippen molar-refractivity contribution in [2.75, 3.05) is 6.61 Å². The Kier molecular flexibility index (Phi) is 5.11. The summed E-state index contributed by atoms with van der Waals surface area (Å²) in [6.07, 6.45) is 12.3. The van der Waals surface area contributed by atoms with Gasteiger partial charge in [0.1, 0.15) is 0 Å². The van der Waals surface area contributed by atoms with Crippen molar-refractivity contribution in [3.63, 3.8) is 0 Å². The number of unbranched alkanes of at least 4 members (excludes halogenated alkanes) is 1. The standard InChI is InChI=1S/C19H32O3/c1-3-4-10-19(11-6-5-7-12-19)18(20)21-13-15-8-9-16-17(22-16)14(15)2/h14-17H,3-13H2,1-2H3. The van der Waals surface area contributed by atoms with Crippen molar-refractivity contribution in [2.24, 2.45) is 17.3 Å². The van der Waals surface area contributed by atoms with E-state index >= 15 is 0 Å². The number of ether oxygens (including phenoxy) is 2. The van der Waals surface area contributed by atoms with Gasteiger partial charge in [-0.3, -0.25) is 4.79 Å². The van der Waals surface area contributed by atoms with Gasteiger partial charge in [0, 0.05) is 0 Å². The van der Waals surface area contributed by atoms with Gasteiger partial charge in [-0.15, -0.1) is 0 Å². The number of hydrogen-bond acceptors (Lipinski definition) is 3. The molecule has 0 amide bonds. The predicted molar refractivity (Wildman–Crippen MR) is 86.6 cm³/mol. The predicted octanol–water partition coefficient (Wildman–Crippen LogP) is 4.48. The van der Waals surface area contributed by atoms with E-state index < -0.39 is 0 Å². The molecule has 0 aromatic carbocycles. The molecule has 3 rings (SSSR count). The van der Waals surface area contributed by atoms with Crippen LogP contribution in [0.1, 0.15) is 78.1 Å². The van der Waals surface area contributed by atoms with Crippen LogP contribution in [0.3, 0.4) is 0 Å². The van der Waals surface area contributed by atoms with Crippen LogP contribution in [-0.2, 0) is 14.3 Å². The molecule has 0 radical (unpaired) electrons. The fourth-order valence-electron chi connectivity index (χ4n) is 4.63. The lowest BCUT2D eigenvalue weighted by Crippen LogP contribution is -2.37. The molecule has 1 saturated heterocycles. The summed E-state index contributed by atoms with van der Waals surface area (Å²) < 4.78 is 11.5. The van der Waals surface area contributed by atoms with Crippen LogP contribution < -0.4 is 0 Å². The van der Waals surface area contributed by atoms with Gasteiger partial charge in [-0.2, -0.15) is 0 Å². The highest BCUT2D eigenvalue weighted by Crippen LogP contribution is 2.45. The second-order valence-electron chi connectivity index (χ2n) is 7.88. The topological polar surface area (TPSA) is 38.8 Å². The molecule has 1 heterocycles. The minimum Gasteiger partial charge on any atom is -0.465 e. The van der Waals surface area contributed by atoms with Gasteiger partial charge in [-0.05, 0) is 43.9 Å². The summed E-state index contributed by atoms with van der Waals surface area (Å²) >= 11 is 0. The van der Waals surface area contributed by atoms with Gasteiger partial charge in [0.25, 0.3) is 0 Å². The van der Waals surface area contributed by atoms with Crippen molar-refractivity contribution in [1.82, 2.24) is 0 Å². The van der Waals surface area contributed by atoms with Crippen LogP contribution in [-0.4, -0.2) is 24.8 Å². The van der Waals surface area contributed by atoms with Crippen molar-refractivity contribution in [3.05, 3.63) is 0 Å². The average molecular weight is 308 g/mol. The average Bonchev–Trinajstić information content (AvgIpc) is 3.33. The van der Waals surface area contributed by atoms with Crippen LogP contribution in [0.2, 0.25) is 0 Å². The van der Waals surface area contributed by atoms with E-state index in [1.807, 2.05) is 0 Å². The maximum absolute atomic E-state index is 12.8. The van der Waals surface area contributed by atoms with E-state index in [9.17, 15) is 4.79 Å². The van der Waals surface area contributed by atoms with Crippen LogP contribution in [0.15, 0.2) is 0 Å². The van der Waals surface area contributed by atoms with Gasteiger partial charge in [-0.1, -0.05) is 46.0 Å². The molecule has 2 saturated carbocycles. The van der Waals surface area contributed by atoms with Gasteiger partial charge in [0.15, 0.2) is 0 Å². The van der Waals surface area contributed by atoms with Crippen LogP contribution in [0, 0.1) is 17.3 Å². The van der Waals surface area contributed by atoms with Gasteiger partial charge >= 0.3 is 5.97 Å². The third-order valence-corrected chi connectivity index (χ3v) is 6.39. The zero-order valence-electron chi connectivity index (χ0n) is 14.3. The van der Waals surface area contributed by atoms with Gasteiger partial charge < -0.3 is 9.47 Å². The molecule has 3 heteroatoms. The van der Waals surface area contributed by atoms with Crippen molar-refractivity contribution >= 4 is 5.97 Å². The van der Waals surface area contributed by atoms with Crippen LogP contribution in [0.25, 0.3) is 0 Å². The number of rotatable bonds is 6. The molecule has 3 aliphatic rings. The summed E-state index contributed by atoms with van der Waals surface area (Å²) in [6.45, 7) is 5.08. The maximum Gasteiger partial charge on any atom is 0.312 e. The highest BCUT2D eigenvalue weighted by Gasteiger charge is 2.49. The third-order valence-electron chi connectivity index (χ3n) is 6.39. The third kappa shape index (κ3) is 3.34. The van der Waals surface area contributed by atoms with E-state index in [0.29, 0.717) is 30.7 Å². The molecule has 1 aliphatic heterocycles. The first kappa shape index (κ1) is 16.3. The summed E-state index contributed by atoms with van der Waals surface area (Å²) in [5.41, 5.74) is -0.162. The maximum atomic E-state index is 12.8. The number of carbonyl (C=O) groups is 1. The number of carbonyl (C=O) groups excluding carboxylic acids is 1. The molecule has 3 nitrogen and oxygen atoms in total. The van der Waals surface area contributed by atoms with E-state index in [4.69, 9.17) is 9.47 Å². The Hall–Kier alpha value is -0.570. The normalized spacial score (nSPS) is 36.5. The summed E-state index contributed by atoms with van der Waals surface area (Å²) in [5.74, 6) is 1.15. The summed E-state index contributed by atoms with van der Waals surface area (Å²) in [4.78, 5) is 12.8. The lowest BCUT2D eigenvalue weighted by molar-refractivity contribution is -0.161. The molecule has 22 heavy (non-hydrogen) atoms. The van der Waals surface area contributed by atoms with Gasteiger partial charge in [-0.25, -0.2) is 0 Å². The second kappa shape index (κ2) is 6.90. The zero-order valence-corrected chi connectivity index (χ0v) is 14.3. The smallest absolute Gasteiger partial charge is 0.312 e. The molecule has 4 atom stereocenters. The van der Waals surface area contributed by atoms with Crippen LogP contribution in [0.4, 0.5) is 0 Å².